The molecule has 5 heteroatoms. The van der Waals surface area contributed by atoms with Gasteiger partial charge in [-0.25, -0.2) is 4.39 Å². The summed E-state index contributed by atoms with van der Waals surface area (Å²) in [5.41, 5.74) is 3.45. The topological polar surface area (TPSA) is 27.7 Å². The van der Waals surface area contributed by atoms with Gasteiger partial charge in [0.15, 0.2) is 6.29 Å². The van der Waals surface area contributed by atoms with Gasteiger partial charge in [0.05, 0.1) is 13.7 Å². The Labute approximate surface area is 156 Å². The average Bonchev–Trinajstić information content (AvgIpc) is 2.67. The molecule has 0 aromatic heterocycles. The average molecular weight is 409 g/mol. The minimum atomic E-state index is -0.261. The van der Waals surface area contributed by atoms with E-state index < -0.39 is 0 Å². The van der Waals surface area contributed by atoms with E-state index in [9.17, 15) is 4.39 Å². The summed E-state index contributed by atoms with van der Waals surface area (Å²) in [5, 5.41) is 0.632. The Balaban J connectivity index is 1.79. The Morgan fingerprint density at radius 2 is 2.04 bits per heavy atom. The van der Waals surface area contributed by atoms with Gasteiger partial charge in [0.25, 0.3) is 0 Å². The highest BCUT2D eigenvalue weighted by Crippen LogP contribution is 2.32. The molecule has 0 radical (unpaired) electrons. The molecule has 2 aromatic carbocycles. The van der Waals surface area contributed by atoms with Gasteiger partial charge < -0.3 is 14.2 Å². The molecule has 0 bridgehead atoms. The molecule has 1 saturated heterocycles. The lowest BCUT2D eigenvalue weighted by Gasteiger charge is -2.23. The second-order valence-electron chi connectivity index (χ2n) is 6.08. The number of hydrogen-bond acceptors (Lipinski definition) is 3. The summed E-state index contributed by atoms with van der Waals surface area (Å²) in [6.07, 6.45) is 3.08. The van der Waals surface area contributed by atoms with E-state index in [-0.39, 0.29) is 12.1 Å². The molecule has 0 aliphatic carbocycles. The Hall–Kier alpha value is -1.43. The van der Waals surface area contributed by atoms with Crippen molar-refractivity contribution in [3.63, 3.8) is 0 Å². The van der Waals surface area contributed by atoms with Crippen LogP contribution in [0.3, 0.4) is 0 Å². The predicted octanol–water partition coefficient (Wildman–Crippen LogP) is 5.44. The highest BCUT2D eigenvalue weighted by atomic mass is 79.9. The SMILES string of the molecule is COc1ccc(F)c(-c2ccc(COC3CCCCO3)cc2CBr)c1. The highest BCUT2D eigenvalue weighted by molar-refractivity contribution is 9.08. The lowest BCUT2D eigenvalue weighted by atomic mass is 9.98. The number of methoxy groups -OCH3 is 1. The summed E-state index contributed by atoms with van der Waals surface area (Å²) < 4.78 is 30.9. The minimum absolute atomic E-state index is 0.114. The fourth-order valence-electron chi connectivity index (χ4n) is 2.98. The Morgan fingerprint density at radius 1 is 1.16 bits per heavy atom. The van der Waals surface area contributed by atoms with E-state index in [1.165, 1.54) is 6.07 Å². The fraction of sp³-hybridized carbons (Fsp3) is 0.400. The van der Waals surface area contributed by atoms with Crippen molar-refractivity contribution in [3.8, 4) is 16.9 Å². The van der Waals surface area contributed by atoms with E-state index in [1.807, 2.05) is 18.2 Å². The normalized spacial score (nSPS) is 17.5. The van der Waals surface area contributed by atoms with Crippen molar-refractivity contribution in [1.29, 1.82) is 0 Å². The number of halogens is 2. The van der Waals surface area contributed by atoms with Gasteiger partial charge in [-0.05, 0) is 54.2 Å². The zero-order chi connectivity index (χ0) is 17.6. The lowest BCUT2D eigenvalue weighted by molar-refractivity contribution is -0.168. The van der Waals surface area contributed by atoms with Crippen LogP contribution in [0.4, 0.5) is 4.39 Å². The molecule has 1 aliphatic heterocycles. The molecule has 0 spiro atoms. The van der Waals surface area contributed by atoms with Crippen LogP contribution in [0.1, 0.15) is 30.4 Å². The van der Waals surface area contributed by atoms with Gasteiger partial charge in [0.2, 0.25) is 0 Å². The Bertz CT molecular complexity index is 714. The second-order valence-corrected chi connectivity index (χ2v) is 6.64. The van der Waals surface area contributed by atoms with Gasteiger partial charge in [0.1, 0.15) is 11.6 Å². The summed E-state index contributed by atoms with van der Waals surface area (Å²) in [7, 11) is 1.58. The van der Waals surface area contributed by atoms with Crippen molar-refractivity contribution in [2.75, 3.05) is 13.7 Å². The van der Waals surface area contributed by atoms with Crippen molar-refractivity contribution < 1.29 is 18.6 Å². The van der Waals surface area contributed by atoms with E-state index >= 15 is 0 Å². The van der Waals surface area contributed by atoms with Crippen molar-refractivity contribution in [2.24, 2.45) is 0 Å². The third-order valence-electron chi connectivity index (χ3n) is 4.35. The van der Waals surface area contributed by atoms with Gasteiger partial charge >= 0.3 is 0 Å². The standard InChI is InChI=1S/C20H22BrFO3/c1-23-16-6-8-19(22)18(11-16)17-7-5-14(10-15(17)12-21)13-25-20-4-2-3-9-24-20/h5-8,10-11,20H,2-4,9,12-13H2,1H3. The third kappa shape index (κ3) is 4.60. The molecular weight excluding hydrogens is 387 g/mol. The second kappa shape index (κ2) is 8.79. The largest absolute Gasteiger partial charge is 0.497 e. The van der Waals surface area contributed by atoms with Gasteiger partial charge in [-0.2, -0.15) is 0 Å². The van der Waals surface area contributed by atoms with Crippen molar-refractivity contribution in [1.82, 2.24) is 0 Å². The summed E-state index contributed by atoms with van der Waals surface area (Å²) in [6, 6.07) is 10.7. The summed E-state index contributed by atoms with van der Waals surface area (Å²) in [6.45, 7) is 1.26. The molecule has 0 saturated carbocycles. The fourth-order valence-corrected chi connectivity index (χ4v) is 3.44. The van der Waals surface area contributed by atoms with Crippen LogP contribution in [-0.2, 0) is 21.4 Å². The molecule has 1 atom stereocenters. The van der Waals surface area contributed by atoms with Gasteiger partial charge in [-0.15, -0.1) is 0 Å². The van der Waals surface area contributed by atoms with E-state index in [0.29, 0.717) is 23.2 Å². The van der Waals surface area contributed by atoms with Crippen LogP contribution in [0.25, 0.3) is 11.1 Å². The highest BCUT2D eigenvalue weighted by Gasteiger charge is 2.15. The van der Waals surface area contributed by atoms with Crippen LogP contribution in [0.2, 0.25) is 0 Å². The maximum Gasteiger partial charge on any atom is 0.158 e. The molecule has 3 rings (SSSR count). The zero-order valence-electron chi connectivity index (χ0n) is 14.3. The third-order valence-corrected chi connectivity index (χ3v) is 4.96. The molecule has 2 aromatic rings. The smallest absolute Gasteiger partial charge is 0.158 e. The molecule has 3 nitrogen and oxygen atoms in total. The number of ether oxygens (including phenoxy) is 3. The van der Waals surface area contributed by atoms with Crippen LogP contribution in [0, 0.1) is 5.82 Å². The van der Waals surface area contributed by atoms with Crippen LogP contribution >= 0.6 is 15.9 Å². The molecule has 134 valence electrons. The van der Waals surface area contributed by atoms with E-state index in [1.54, 1.807) is 19.2 Å². The van der Waals surface area contributed by atoms with Crippen LogP contribution in [0.5, 0.6) is 5.75 Å². The Morgan fingerprint density at radius 3 is 2.76 bits per heavy atom. The lowest BCUT2D eigenvalue weighted by Crippen LogP contribution is -2.22. The first-order valence-corrected chi connectivity index (χ1v) is 9.58. The summed E-state index contributed by atoms with van der Waals surface area (Å²) in [5.74, 6) is 0.376. The monoisotopic (exact) mass is 408 g/mol. The van der Waals surface area contributed by atoms with E-state index in [2.05, 4.69) is 15.9 Å². The number of hydrogen-bond donors (Lipinski definition) is 0. The van der Waals surface area contributed by atoms with E-state index in [0.717, 1.165) is 42.6 Å². The summed E-state index contributed by atoms with van der Waals surface area (Å²) >= 11 is 3.51. The quantitative estimate of drug-likeness (QED) is 0.595. The molecule has 1 unspecified atom stereocenters. The predicted molar refractivity (Wildman–Crippen MR) is 99.4 cm³/mol. The van der Waals surface area contributed by atoms with Crippen molar-refractivity contribution in [3.05, 3.63) is 53.3 Å². The molecule has 1 aliphatic rings. The van der Waals surface area contributed by atoms with Gasteiger partial charge in [0, 0.05) is 17.5 Å². The zero-order valence-corrected chi connectivity index (χ0v) is 15.9. The Kier molecular flexibility index (Phi) is 6.45. The molecular formula is C20H22BrFO3. The number of alkyl halides is 1. The first-order chi connectivity index (χ1) is 12.2. The van der Waals surface area contributed by atoms with Gasteiger partial charge in [-0.3, -0.25) is 0 Å². The molecule has 1 heterocycles. The van der Waals surface area contributed by atoms with E-state index in [4.69, 9.17) is 14.2 Å². The maximum absolute atomic E-state index is 14.3. The van der Waals surface area contributed by atoms with Crippen LogP contribution in [0.15, 0.2) is 36.4 Å². The van der Waals surface area contributed by atoms with Crippen LogP contribution in [-0.4, -0.2) is 20.0 Å². The first kappa shape index (κ1) is 18.4. The number of rotatable bonds is 6. The van der Waals surface area contributed by atoms with Crippen molar-refractivity contribution >= 4 is 15.9 Å². The molecule has 0 N–H and O–H groups in total. The minimum Gasteiger partial charge on any atom is -0.497 e. The summed E-state index contributed by atoms with van der Waals surface area (Å²) in [4.78, 5) is 0. The molecule has 0 amide bonds. The number of benzene rings is 2. The first-order valence-electron chi connectivity index (χ1n) is 8.46. The van der Waals surface area contributed by atoms with Crippen LogP contribution < -0.4 is 4.74 Å². The van der Waals surface area contributed by atoms with Crippen molar-refractivity contribution in [2.45, 2.75) is 37.5 Å². The molecule has 25 heavy (non-hydrogen) atoms. The molecule has 1 fully saturated rings. The van der Waals surface area contributed by atoms with Gasteiger partial charge in [-0.1, -0.05) is 34.1 Å². The maximum atomic E-state index is 14.3.